The summed E-state index contributed by atoms with van der Waals surface area (Å²) >= 11 is 0. The summed E-state index contributed by atoms with van der Waals surface area (Å²) in [6, 6.07) is 43.0. The van der Waals surface area contributed by atoms with Crippen molar-refractivity contribution in [3.05, 3.63) is 144 Å². The van der Waals surface area contributed by atoms with Gasteiger partial charge < -0.3 is 9.68 Å². The molecule has 4 aromatic carbocycles. The molecule has 39 heavy (non-hydrogen) atoms. The van der Waals surface area contributed by atoms with Gasteiger partial charge in [-0.3, -0.25) is 0 Å². The van der Waals surface area contributed by atoms with Gasteiger partial charge in [0.1, 0.15) is 0 Å². The highest BCUT2D eigenvalue weighted by atomic mass is 16.6. The van der Waals surface area contributed by atoms with Gasteiger partial charge in [-0.05, 0) is 46.9 Å². The van der Waals surface area contributed by atoms with Crippen LogP contribution in [-0.4, -0.2) is 11.4 Å². The van der Waals surface area contributed by atoms with Crippen LogP contribution in [0.25, 0.3) is 0 Å². The summed E-state index contributed by atoms with van der Waals surface area (Å²) in [5, 5.41) is 9.87. The van der Waals surface area contributed by atoms with Crippen molar-refractivity contribution in [1.82, 2.24) is 0 Å². The summed E-state index contributed by atoms with van der Waals surface area (Å²) in [7, 11) is 0. The van der Waals surface area contributed by atoms with Crippen LogP contribution in [0.15, 0.2) is 132 Å². The summed E-state index contributed by atoms with van der Waals surface area (Å²) in [5.41, 5.74) is 7.08. The summed E-state index contributed by atoms with van der Waals surface area (Å²) in [6.45, 7) is 0. The Kier molecular flexibility index (Phi) is 5.22. The molecular formula is C35H30N2O2. The van der Waals surface area contributed by atoms with Crippen LogP contribution in [0.3, 0.4) is 0 Å². The SMILES string of the molecule is c1ccc(C2CC3(CC(c4ccccc4)[C@H]4C3=NOC4c3ccccc3)C3=NOC(c4ccccc4)[C@H]32)cc1. The minimum Gasteiger partial charge on any atom is -0.387 e. The first-order valence-electron chi connectivity index (χ1n) is 14.0. The van der Waals surface area contributed by atoms with E-state index in [1.54, 1.807) is 0 Å². The second-order valence-corrected chi connectivity index (χ2v) is 11.4. The zero-order valence-electron chi connectivity index (χ0n) is 21.6. The van der Waals surface area contributed by atoms with E-state index in [1.807, 2.05) is 0 Å². The van der Waals surface area contributed by atoms with Gasteiger partial charge in [-0.2, -0.15) is 0 Å². The van der Waals surface area contributed by atoms with Crippen molar-refractivity contribution in [3.8, 4) is 0 Å². The maximum atomic E-state index is 6.34. The van der Waals surface area contributed by atoms with Crippen LogP contribution >= 0.6 is 0 Å². The Morgan fingerprint density at radius 2 is 0.795 bits per heavy atom. The molecule has 8 rings (SSSR count). The summed E-state index contributed by atoms with van der Waals surface area (Å²) < 4.78 is 0. The third-order valence-electron chi connectivity index (χ3n) is 9.51. The Labute approximate surface area is 229 Å². The molecule has 192 valence electrons. The third-order valence-corrected chi connectivity index (χ3v) is 9.51. The Bertz CT molecular complexity index is 1420. The van der Waals surface area contributed by atoms with Gasteiger partial charge in [0.2, 0.25) is 0 Å². The van der Waals surface area contributed by atoms with Crippen molar-refractivity contribution in [1.29, 1.82) is 0 Å². The van der Waals surface area contributed by atoms with Crippen molar-refractivity contribution in [2.24, 2.45) is 27.6 Å². The molecule has 0 aromatic heterocycles. The van der Waals surface area contributed by atoms with E-state index in [4.69, 9.17) is 20.0 Å². The van der Waals surface area contributed by atoms with Crippen molar-refractivity contribution >= 4 is 11.4 Å². The predicted octanol–water partition coefficient (Wildman–Crippen LogP) is 7.84. The number of hydrogen-bond donors (Lipinski definition) is 0. The molecule has 4 heteroatoms. The third kappa shape index (κ3) is 3.44. The number of fused-ring (bicyclic) bond motifs is 4. The van der Waals surface area contributed by atoms with Gasteiger partial charge in [0.15, 0.2) is 12.2 Å². The van der Waals surface area contributed by atoms with Gasteiger partial charge >= 0.3 is 0 Å². The molecule has 1 spiro atoms. The van der Waals surface area contributed by atoms with E-state index in [-0.39, 0.29) is 41.3 Å². The highest BCUT2D eigenvalue weighted by Crippen LogP contribution is 2.66. The van der Waals surface area contributed by atoms with Crippen molar-refractivity contribution in [2.75, 3.05) is 0 Å². The minimum atomic E-state index is -0.288. The molecular weight excluding hydrogens is 480 g/mol. The first-order valence-corrected chi connectivity index (χ1v) is 14.0. The molecule has 0 saturated heterocycles. The predicted molar refractivity (Wildman–Crippen MR) is 152 cm³/mol. The number of benzene rings is 4. The minimum absolute atomic E-state index is 0.104. The molecule has 0 radical (unpaired) electrons. The molecule has 4 nitrogen and oxygen atoms in total. The molecule has 2 heterocycles. The quantitative estimate of drug-likeness (QED) is 0.281. The number of rotatable bonds is 4. The van der Waals surface area contributed by atoms with E-state index in [9.17, 15) is 0 Å². The monoisotopic (exact) mass is 510 g/mol. The van der Waals surface area contributed by atoms with E-state index in [1.165, 1.54) is 22.3 Å². The van der Waals surface area contributed by atoms with Crippen LogP contribution in [0.1, 0.15) is 59.1 Å². The van der Waals surface area contributed by atoms with E-state index >= 15 is 0 Å². The maximum absolute atomic E-state index is 6.34. The summed E-state index contributed by atoms with van der Waals surface area (Å²) in [4.78, 5) is 12.7. The van der Waals surface area contributed by atoms with Crippen LogP contribution < -0.4 is 0 Å². The Morgan fingerprint density at radius 3 is 1.15 bits per heavy atom. The van der Waals surface area contributed by atoms with Gasteiger partial charge in [-0.15, -0.1) is 0 Å². The summed E-state index contributed by atoms with van der Waals surface area (Å²) in [6.07, 6.45) is 1.73. The number of nitrogens with zero attached hydrogens (tertiary/aromatic N) is 2. The van der Waals surface area contributed by atoms with E-state index < -0.39 is 0 Å². The van der Waals surface area contributed by atoms with Crippen molar-refractivity contribution in [2.45, 2.75) is 36.9 Å². The molecule has 2 aliphatic heterocycles. The van der Waals surface area contributed by atoms with Gasteiger partial charge in [0, 0.05) is 0 Å². The fourth-order valence-corrected chi connectivity index (χ4v) is 7.89. The second kappa shape index (κ2) is 8.94. The summed E-state index contributed by atoms with van der Waals surface area (Å²) in [5.74, 6) is 0.879. The number of hydrogen-bond acceptors (Lipinski definition) is 4. The average molecular weight is 511 g/mol. The molecule has 6 atom stereocenters. The fraction of sp³-hybridized carbons (Fsp3) is 0.257. The van der Waals surface area contributed by atoms with E-state index in [0.29, 0.717) is 0 Å². The van der Waals surface area contributed by atoms with Crippen LogP contribution in [-0.2, 0) is 9.68 Å². The molecule has 2 fully saturated rings. The Balaban J connectivity index is 1.27. The van der Waals surface area contributed by atoms with Crippen LogP contribution in [0.2, 0.25) is 0 Å². The second-order valence-electron chi connectivity index (χ2n) is 11.4. The highest BCUT2D eigenvalue weighted by molar-refractivity contribution is 6.17. The number of oxime groups is 2. The van der Waals surface area contributed by atoms with Crippen LogP contribution in [0, 0.1) is 17.3 Å². The molecule has 2 saturated carbocycles. The Hall–Kier alpha value is -4.18. The molecule has 0 N–H and O–H groups in total. The Morgan fingerprint density at radius 1 is 0.462 bits per heavy atom. The van der Waals surface area contributed by atoms with Crippen molar-refractivity contribution < 1.29 is 9.68 Å². The van der Waals surface area contributed by atoms with E-state index in [0.717, 1.165) is 24.3 Å². The van der Waals surface area contributed by atoms with Gasteiger partial charge in [-0.25, -0.2) is 0 Å². The molecule has 4 unspecified atom stereocenters. The average Bonchev–Trinajstić information content (AvgIpc) is 3.78. The van der Waals surface area contributed by atoms with Gasteiger partial charge in [-0.1, -0.05) is 132 Å². The zero-order chi connectivity index (χ0) is 25.8. The maximum Gasteiger partial charge on any atom is 0.161 e. The lowest BCUT2D eigenvalue weighted by Crippen LogP contribution is -2.33. The standard InChI is InChI=1S/C35H30N2O2/c1-5-13-23(14-6-1)27-21-35(33-29(27)31(38-36-33)25-17-9-3-10-18-25)22-28(24-15-7-2-8-16-24)30-32(39-37-34(30)35)26-19-11-4-12-20-26/h1-20,27-32H,21-22H2/t27?,28?,29-,30-,31?,32?,35?/m1/s1. The van der Waals surface area contributed by atoms with E-state index in [2.05, 4.69) is 121 Å². The molecule has 4 aromatic rings. The zero-order valence-corrected chi connectivity index (χ0v) is 21.6. The topological polar surface area (TPSA) is 43.2 Å². The molecule has 0 amide bonds. The smallest absolute Gasteiger partial charge is 0.161 e. The van der Waals surface area contributed by atoms with Crippen LogP contribution in [0.4, 0.5) is 0 Å². The van der Waals surface area contributed by atoms with Gasteiger partial charge in [0.25, 0.3) is 0 Å². The molecule has 2 aliphatic carbocycles. The lowest BCUT2D eigenvalue weighted by molar-refractivity contribution is 0.0507. The lowest BCUT2D eigenvalue weighted by atomic mass is 9.77. The highest BCUT2D eigenvalue weighted by Gasteiger charge is 2.67. The largest absolute Gasteiger partial charge is 0.387 e. The molecule has 0 bridgehead atoms. The van der Waals surface area contributed by atoms with Crippen LogP contribution in [0.5, 0.6) is 0 Å². The van der Waals surface area contributed by atoms with Crippen molar-refractivity contribution in [3.63, 3.8) is 0 Å². The first-order chi connectivity index (χ1) is 19.3. The fourth-order valence-electron chi connectivity index (χ4n) is 7.89. The normalized spacial score (nSPS) is 32.2. The lowest BCUT2D eigenvalue weighted by Gasteiger charge is -2.24. The first kappa shape index (κ1) is 22.8. The van der Waals surface area contributed by atoms with Gasteiger partial charge in [0.05, 0.1) is 28.7 Å². The molecule has 4 aliphatic rings.